The van der Waals surface area contributed by atoms with E-state index in [0.29, 0.717) is 17.5 Å². The van der Waals surface area contributed by atoms with E-state index in [1.54, 1.807) is 18.0 Å². The molecule has 0 atom stereocenters. The molecule has 26 heavy (non-hydrogen) atoms. The molecule has 0 unspecified atom stereocenters. The molecule has 0 saturated heterocycles. The molecule has 4 nitrogen and oxygen atoms in total. The van der Waals surface area contributed by atoms with Crippen LogP contribution in [0.4, 0.5) is 0 Å². The Morgan fingerprint density at radius 2 is 2.00 bits per heavy atom. The fourth-order valence-corrected chi connectivity index (χ4v) is 2.98. The van der Waals surface area contributed by atoms with Gasteiger partial charge in [-0.1, -0.05) is 25.4 Å². The summed E-state index contributed by atoms with van der Waals surface area (Å²) in [6.45, 7) is 4.90. The van der Waals surface area contributed by atoms with Crippen molar-refractivity contribution in [1.82, 2.24) is 5.43 Å². The monoisotopic (exact) mass is 390 g/mol. The second kappa shape index (κ2) is 10.2. The van der Waals surface area contributed by atoms with E-state index >= 15 is 0 Å². The molecule has 0 heterocycles. The number of benzene rings is 2. The highest BCUT2D eigenvalue weighted by Crippen LogP contribution is 2.24. The number of hydrazone groups is 1. The van der Waals surface area contributed by atoms with Crippen molar-refractivity contribution in [2.75, 3.05) is 12.9 Å². The Morgan fingerprint density at radius 3 is 2.65 bits per heavy atom. The van der Waals surface area contributed by atoms with E-state index in [1.165, 1.54) is 0 Å². The Hall–Kier alpha value is -1.98. The summed E-state index contributed by atoms with van der Waals surface area (Å²) >= 11 is 7.60. The van der Waals surface area contributed by atoms with Crippen LogP contribution >= 0.6 is 23.4 Å². The van der Waals surface area contributed by atoms with Crippen LogP contribution in [0.2, 0.25) is 5.02 Å². The lowest BCUT2D eigenvalue weighted by Gasteiger charge is -2.08. The normalized spacial score (nSPS) is 11.1. The van der Waals surface area contributed by atoms with Gasteiger partial charge in [0.1, 0.15) is 5.75 Å². The van der Waals surface area contributed by atoms with Crippen molar-refractivity contribution >= 4 is 35.5 Å². The van der Waals surface area contributed by atoms with Gasteiger partial charge in [0, 0.05) is 9.92 Å². The van der Waals surface area contributed by atoms with Gasteiger partial charge < -0.3 is 4.74 Å². The molecule has 1 amide bonds. The van der Waals surface area contributed by atoms with Gasteiger partial charge in [-0.05, 0) is 65.8 Å². The van der Waals surface area contributed by atoms with Crippen molar-refractivity contribution in [2.24, 2.45) is 11.0 Å². The molecule has 6 heteroatoms. The van der Waals surface area contributed by atoms with Crippen molar-refractivity contribution in [2.45, 2.75) is 25.2 Å². The average molecular weight is 391 g/mol. The molecule has 0 radical (unpaired) electrons. The van der Waals surface area contributed by atoms with Crippen LogP contribution in [0.1, 0.15) is 25.0 Å². The first-order valence-electron chi connectivity index (χ1n) is 8.35. The fraction of sp³-hybridized carbons (Fsp3) is 0.300. The number of ether oxygens (including phenoxy) is 1. The van der Waals surface area contributed by atoms with Gasteiger partial charge in [-0.2, -0.15) is 5.10 Å². The predicted octanol–water partition coefficient (Wildman–Crippen LogP) is 4.79. The summed E-state index contributed by atoms with van der Waals surface area (Å²) in [5.41, 5.74) is 4.33. The van der Waals surface area contributed by atoms with Crippen LogP contribution in [0.3, 0.4) is 0 Å². The molecule has 0 aliphatic rings. The van der Waals surface area contributed by atoms with E-state index in [0.717, 1.165) is 21.8 Å². The number of nitrogens with one attached hydrogen (secondary N) is 1. The number of nitrogens with zero attached hydrogens (tertiary/aromatic N) is 1. The van der Waals surface area contributed by atoms with E-state index in [1.807, 2.05) is 48.7 Å². The average Bonchev–Trinajstić information content (AvgIpc) is 2.61. The summed E-state index contributed by atoms with van der Waals surface area (Å²) in [6, 6.07) is 13.1. The lowest BCUT2D eigenvalue weighted by Crippen LogP contribution is -2.20. The zero-order chi connectivity index (χ0) is 18.9. The topological polar surface area (TPSA) is 50.7 Å². The molecule has 2 rings (SSSR count). The van der Waals surface area contributed by atoms with Gasteiger partial charge in [0.05, 0.1) is 19.2 Å². The van der Waals surface area contributed by atoms with Crippen molar-refractivity contribution in [3.05, 3.63) is 58.6 Å². The van der Waals surface area contributed by atoms with Crippen LogP contribution in [0.25, 0.3) is 0 Å². The van der Waals surface area contributed by atoms with Crippen molar-refractivity contribution < 1.29 is 9.53 Å². The van der Waals surface area contributed by atoms with Gasteiger partial charge >= 0.3 is 0 Å². The van der Waals surface area contributed by atoms with E-state index in [9.17, 15) is 4.79 Å². The summed E-state index contributed by atoms with van der Waals surface area (Å²) in [5, 5.41) is 4.63. The highest BCUT2D eigenvalue weighted by Gasteiger charge is 2.08. The zero-order valence-electron chi connectivity index (χ0n) is 15.2. The maximum absolute atomic E-state index is 12.1. The molecule has 0 aromatic heterocycles. The standard InChI is InChI=1S/C20H23ClN2O2S/c1-14(2)13-25-18-7-4-15(5-8-18)12-22-23-20(24)11-16-10-17(21)6-9-19(16)26-3/h4-10,12,14H,11,13H2,1-3H3,(H,23,24)/b22-12-. The van der Waals surface area contributed by atoms with Crippen LogP contribution in [0, 0.1) is 5.92 Å². The number of carbonyl (C=O) groups excluding carboxylic acids is 1. The quantitative estimate of drug-likeness (QED) is 0.400. The minimum atomic E-state index is -0.185. The Bertz CT molecular complexity index is 761. The van der Waals surface area contributed by atoms with Crippen molar-refractivity contribution in [1.29, 1.82) is 0 Å². The second-order valence-electron chi connectivity index (χ2n) is 6.20. The van der Waals surface area contributed by atoms with Gasteiger partial charge in [-0.15, -0.1) is 11.8 Å². The smallest absolute Gasteiger partial charge is 0.244 e. The Kier molecular flexibility index (Phi) is 8.01. The van der Waals surface area contributed by atoms with E-state index in [2.05, 4.69) is 24.4 Å². The predicted molar refractivity (Wildman–Crippen MR) is 109 cm³/mol. The molecule has 2 aromatic rings. The third-order valence-corrected chi connectivity index (χ3v) is 4.53. The van der Waals surface area contributed by atoms with Crippen LogP contribution in [0.5, 0.6) is 5.75 Å². The summed E-state index contributed by atoms with van der Waals surface area (Å²) in [4.78, 5) is 13.1. The summed E-state index contributed by atoms with van der Waals surface area (Å²) in [6.07, 6.45) is 3.81. The molecule has 138 valence electrons. The second-order valence-corrected chi connectivity index (χ2v) is 7.48. The number of carbonyl (C=O) groups is 1. The number of hydrogen-bond donors (Lipinski definition) is 1. The highest BCUT2D eigenvalue weighted by atomic mass is 35.5. The SMILES string of the molecule is CSc1ccc(Cl)cc1CC(=O)N/N=C\c1ccc(OCC(C)C)cc1. The molecule has 2 aromatic carbocycles. The van der Waals surface area contributed by atoms with Crippen molar-refractivity contribution in [3.63, 3.8) is 0 Å². The zero-order valence-corrected chi connectivity index (χ0v) is 16.7. The van der Waals surface area contributed by atoms with Gasteiger partial charge in [0.25, 0.3) is 0 Å². The third kappa shape index (κ3) is 6.73. The first kappa shape index (κ1) is 20.3. The molecule has 1 N–H and O–H groups in total. The molecule has 0 saturated carbocycles. The van der Waals surface area contributed by atoms with Gasteiger partial charge in [-0.25, -0.2) is 5.43 Å². The first-order valence-corrected chi connectivity index (χ1v) is 9.95. The van der Waals surface area contributed by atoms with E-state index < -0.39 is 0 Å². The Labute approximate surface area is 164 Å². The summed E-state index contributed by atoms with van der Waals surface area (Å²) in [5.74, 6) is 1.12. The number of halogens is 1. The van der Waals surface area contributed by atoms with Gasteiger partial charge in [-0.3, -0.25) is 4.79 Å². The summed E-state index contributed by atoms with van der Waals surface area (Å²) in [7, 11) is 0. The number of thioether (sulfide) groups is 1. The Morgan fingerprint density at radius 1 is 1.27 bits per heavy atom. The minimum Gasteiger partial charge on any atom is -0.493 e. The number of rotatable bonds is 8. The summed E-state index contributed by atoms with van der Waals surface area (Å²) < 4.78 is 5.64. The van der Waals surface area contributed by atoms with E-state index in [4.69, 9.17) is 16.3 Å². The molecule has 0 aliphatic heterocycles. The number of amides is 1. The minimum absolute atomic E-state index is 0.185. The molecule has 0 aliphatic carbocycles. The number of hydrogen-bond acceptors (Lipinski definition) is 4. The van der Waals surface area contributed by atoms with Crippen LogP contribution in [0.15, 0.2) is 52.5 Å². The molecule has 0 bridgehead atoms. The van der Waals surface area contributed by atoms with Crippen molar-refractivity contribution in [3.8, 4) is 5.75 Å². The van der Waals surface area contributed by atoms with Crippen LogP contribution in [-0.4, -0.2) is 25.0 Å². The fourth-order valence-electron chi connectivity index (χ4n) is 2.19. The maximum Gasteiger partial charge on any atom is 0.244 e. The highest BCUT2D eigenvalue weighted by molar-refractivity contribution is 7.98. The van der Waals surface area contributed by atoms with Crippen LogP contribution < -0.4 is 10.2 Å². The van der Waals surface area contributed by atoms with Gasteiger partial charge in [0.15, 0.2) is 0 Å². The molecular formula is C20H23ClN2O2S. The first-order chi connectivity index (χ1) is 12.5. The largest absolute Gasteiger partial charge is 0.493 e. The lowest BCUT2D eigenvalue weighted by molar-refractivity contribution is -0.120. The molecule has 0 fully saturated rings. The third-order valence-electron chi connectivity index (χ3n) is 3.46. The molecular weight excluding hydrogens is 368 g/mol. The van der Waals surface area contributed by atoms with Gasteiger partial charge in [0.2, 0.25) is 5.91 Å². The molecule has 0 spiro atoms. The van der Waals surface area contributed by atoms with E-state index in [-0.39, 0.29) is 12.3 Å². The van der Waals surface area contributed by atoms with Crippen LogP contribution in [-0.2, 0) is 11.2 Å². The lowest BCUT2D eigenvalue weighted by atomic mass is 10.1. The Balaban J connectivity index is 1.88. The maximum atomic E-state index is 12.1.